The van der Waals surface area contributed by atoms with Gasteiger partial charge in [0.25, 0.3) is 0 Å². The summed E-state index contributed by atoms with van der Waals surface area (Å²) in [5.41, 5.74) is 5.01. The Morgan fingerprint density at radius 1 is 0.857 bits per heavy atom. The Hall–Kier alpha value is -3.46. The highest BCUT2D eigenvalue weighted by Crippen LogP contribution is 2.47. The number of benzene rings is 4. The summed E-state index contributed by atoms with van der Waals surface area (Å²) in [5.74, 6) is 0.327. The lowest BCUT2D eigenvalue weighted by atomic mass is 9.97. The molecule has 0 heterocycles. The molecule has 2 atom stereocenters. The minimum Gasteiger partial charge on any atom is -0.273 e. The Kier molecular flexibility index (Phi) is 4.13. The second-order valence-electron chi connectivity index (χ2n) is 7.33. The zero-order chi connectivity index (χ0) is 18.9. The number of rotatable bonds is 4. The van der Waals surface area contributed by atoms with E-state index in [9.17, 15) is 4.79 Å². The molecular formula is C25H20N2O. The van der Waals surface area contributed by atoms with Crippen molar-refractivity contribution >= 4 is 33.7 Å². The van der Waals surface area contributed by atoms with E-state index in [-0.39, 0.29) is 11.8 Å². The molecule has 4 aromatic carbocycles. The van der Waals surface area contributed by atoms with Gasteiger partial charge in [0.1, 0.15) is 0 Å². The molecule has 0 radical (unpaired) electrons. The number of carbonyl (C=O) groups excluding carboxylic acids is 1. The van der Waals surface area contributed by atoms with Gasteiger partial charge in [-0.2, -0.15) is 5.10 Å². The fraction of sp³-hybridized carbons (Fsp3) is 0.120. The van der Waals surface area contributed by atoms with Crippen molar-refractivity contribution < 1.29 is 4.79 Å². The predicted octanol–water partition coefficient (Wildman–Crippen LogP) is 5.25. The summed E-state index contributed by atoms with van der Waals surface area (Å²) in [6.07, 6.45) is 2.67. The molecular weight excluding hydrogens is 344 g/mol. The molecule has 3 nitrogen and oxygen atoms in total. The maximum atomic E-state index is 12.5. The van der Waals surface area contributed by atoms with Crippen molar-refractivity contribution in [2.75, 3.05) is 0 Å². The Morgan fingerprint density at radius 2 is 1.46 bits per heavy atom. The fourth-order valence-corrected chi connectivity index (χ4v) is 3.98. The van der Waals surface area contributed by atoms with Gasteiger partial charge < -0.3 is 0 Å². The quantitative estimate of drug-likeness (QED) is 0.300. The lowest BCUT2D eigenvalue weighted by molar-refractivity contribution is -0.122. The normalized spacial score (nSPS) is 18.6. The minimum atomic E-state index is -0.00496. The summed E-state index contributed by atoms with van der Waals surface area (Å²) in [7, 11) is 0. The first-order valence-corrected chi connectivity index (χ1v) is 9.59. The van der Waals surface area contributed by atoms with Gasteiger partial charge in [0.05, 0.1) is 6.21 Å². The van der Waals surface area contributed by atoms with E-state index >= 15 is 0 Å². The van der Waals surface area contributed by atoms with Crippen LogP contribution in [0.3, 0.4) is 0 Å². The summed E-state index contributed by atoms with van der Waals surface area (Å²) in [5, 5.41) is 8.90. The van der Waals surface area contributed by atoms with E-state index in [0.717, 1.165) is 22.8 Å². The van der Waals surface area contributed by atoms with Crippen molar-refractivity contribution in [1.29, 1.82) is 0 Å². The number of nitrogens with zero attached hydrogens (tertiary/aromatic N) is 1. The molecule has 0 spiro atoms. The molecule has 1 N–H and O–H groups in total. The third-order valence-corrected chi connectivity index (χ3v) is 5.54. The van der Waals surface area contributed by atoms with Crippen LogP contribution in [-0.2, 0) is 4.79 Å². The minimum absolute atomic E-state index is 0.00496. The van der Waals surface area contributed by atoms with Gasteiger partial charge >= 0.3 is 0 Å². The molecule has 0 unspecified atom stereocenters. The zero-order valence-corrected chi connectivity index (χ0v) is 15.4. The van der Waals surface area contributed by atoms with E-state index in [0.29, 0.717) is 5.92 Å². The standard InChI is InChI=1S/C25H20N2O/c28-25(23-15-22(23)17-8-2-1-3-9-17)27-26-16-24-20-12-6-4-10-18(20)14-19-11-5-7-13-21(19)24/h1-14,16,22-23H,15H2,(H,27,28)/b26-16-/t22-,23+/m0/s1. The molecule has 4 aromatic rings. The van der Waals surface area contributed by atoms with Gasteiger partial charge in [0.2, 0.25) is 5.91 Å². The molecule has 136 valence electrons. The fourth-order valence-electron chi connectivity index (χ4n) is 3.98. The first kappa shape index (κ1) is 16.7. The lowest BCUT2D eigenvalue weighted by Crippen LogP contribution is -2.20. The molecule has 1 saturated carbocycles. The number of fused-ring (bicyclic) bond motifs is 2. The van der Waals surface area contributed by atoms with Crippen molar-refractivity contribution in [3.05, 3.63) is 96.1 Å². The van der Waals surface area contributed by atoms with Crippen LogP contribution >= 0.6 is 0 Å². The van der Waals surface area contributed by atoms with Crippen LogP contribution < -0.4 is 5.43 Å². The number of hydrogen-bond donors (Lipinski definition) is 1. The van der Waals surface area contributed by atoms with Crippen LogP contribution in [0.25, 0.3) is 21.5 Å². The second kappa shape index (κ2) is 6.93. The molecule has 0 saturated heterocycles. The molecule has 1 aliphatic rings. The summed E-state index contributed by atoms with van der Waals surface area (Å²) in [4.78, 5) is 12.5. The predicted molar refractivity (Wildman–Crippen MR) is 114 cm³/mol. The number of hydrogen-bond acceptors (Lipinski definition) is 2. The molecule has 28 heavy (non-hydrogen) atoms. The van der Waals surface area contributed by atoms with E-state index in [1.54, 1.807) is 6.21 Å². The smallest absolute Gasteiger partial charge is 0.243 e. The lowest BCUT2D eigenvalue weighted by Gasteiger charge is -2.08. The Morgan fingerprint density at radius 3 is 2.14 bits per heavy atom. The molecule has 1 aliphatic carbocycles. The van der Waals surface area contributed by atoms with E-state index in [1.807, 2.05) is 42.5 Å². The Balaban J connectivity index is 1.39. The largest absolute Gasteiger partial charge is 0.273 e. The number of nitrogens with one attached hydrogen (secondary N) is 1. The molecule has 5 rings (SSSR count). The summed E-state index contributed by atoms with van der Waals surface area (Å²) in [6, 6.07) is 28.9. The van der Waals surface area contributed by atoms with Gasteiger partial charge in [0.15, 0.2) is 0 Å². The molecule has 0 aliphatic heterocycles. The highest BCUT2D eigenvalue weighted by Gasteiger charge is 2.43. The van der Waals surface area contributed by atoms with E-state index in [1.165, 1.54) is 16.3 Å². The highest BCUT2D eigenvalue weighted by atomic mass is 16.2. The van der Waals surface area contributed by atoms with E-state index in [4.69, 9.17) is 0 Å². The Labute approximate surface area is 163 Å². The molecule has 0 aromatic heterocycles. The Bertz CT molecular complexity index is 1140. The molecule has 1 fully saturated rings. The van der Waals surface area contributed by atoms with Crippen LogP contribution in [0.1, 0.15) is 23.5 Å². The van der Waals surface area contributed by atoms with Crippen LogP contribution in [0.5, 0.6) is 0 Å². The van der Waals surface area contributed by atoms with Gasteiger partial charge in [-0.3, -0.25) is 4.79 Å². The van der Waals surface area contributed by atoms with Gasteiger partial charge in [0, 0.05) is 11.5 Å². The van der Waals surface area contributed by atoms with E-state index in [2.05, 4.69) is 53.0 Å². The van der Waals surface area contributed by atoms with Crippen molar-refractivity contribution in [1.82, 2.24) is 5.43 Å². The number of carbonyl (C=O) groups is 1. The van der Waals surface area contributed by atoms with Crippen molar-refractivity contribution in [3.8, 4) is 0 Å². The van der Waals surface area contributed by atoms with Crippen LogP contribution in [0, 0.1) is 5.92 Å². The van der Waals surface area contributed by atoms with Crippen LogP contribution in [0.2, 0.25) is 0 Å². The average molecular weight is 364 g/mol. The third-order valence-electron chi connectivity index (χ3n) is 5.54. The summed E-state index contributed by atoms with van der Waals surface area (Å²) in [6.45, 7) is 0. The maximum absolute atomic E-state index is 12.5. The SMILES string of the molecule is O=C(N/N=C\c1c2ccccc2cc2ccccc12)[C@@H]1C[C@H]1c1ccccc1. The first-order valence-electron chi connectivity index (χ1n) is 9.59. The first-order chi connectivity index (χ1) is 13.8. The van der Waals surface area contributed by atoms with Gasteiger partial charge in [-0.05, 0) is 45.5 Å². The third kappa shape index (κ3) is 3.05. The highest BCUT2D eigenvalue weighted by molar-refractivity contribution is 6.13. The summed E-state index contributed by atoms with van der Waals surface area (Å²) < 4.78 is 0. The van der Waals surface area contributed by atoms with E-state index < -0.39 is 0 Å². The summed E-state index contributed by atoms with van der Waals surface area (Å²) >= 11 is 0. The maximum Gasteiger partial charge on any atom is 0.243 e. The van der Waals surface area contributed by atoms with Crippen LogP contribution in [0.15, 0.2) is 90.0 Å². The van der Waals surface area contributed by atoms with Crippen molar-refractivity contribution in [2.24, 2.45) is 11.0 Å². The molecule has 3 heteroatoms. The van der Waals surface area contributed by atoms with Gasteiger partial charge in [-0.15, -0.1) is 0 Å². The average Bonchev–Trinajstić information content (AvgIpc) is 3.55. The molecule has 1 amide bonds. The monoisotopic (exact) mass is 364 g/mol. The number of amides is 1. The van der Waals surface area contributed by atoms with Crippen molar-refractivity contribution in [2.45, 2.75) is 12.3 Å². The topological polar surface area (TPSA) is 41.5 Å². The molecule has 0 bridgehead atoms. The van der Waals surface area contributed by atoms with Gasteiger partial charge in [-0.1, -0.05) is 78.9 Å². The second-order valence-corrected chi connectivity index (χ2v) is 7.33. The zero-order valence-electron chi connectivity index (χ0n) is 15.4. The van der Waals surface area contributed by atoms with Crippen LogP contribution in [-0.4, -0.2) is 12.1 Å². The van der Waals surface area contributed by atoms with Crippen molar-refractivity contribution in [3.63, 3.8) is 0 Å². The van der Waals surface area contributed by atoms with Crippen LogP contribution in [0.4, 0.5) is 0 Å². The van der Waals surface area contributed by atoms with Gasteiger partial charge in [-0.25, -0.2) is 5.43 Å². The number of hydrazone groups is 1.